The summed E-state index contributed by atoms with van der Waals surface area (Å²) in [7, 11) is 0. The summed E-state index contributed by atoms with van der Waals surface area (Å²) in [4.78, 5) is 46.5. The van der Waals surface area contributed by atoms with Gasteiger partial charge in [0.25, 0.3) is 11.4 Å². The van der Waals surface area contributed by atoms with Crippen molar-refractivity contribution in [2.45, 2.75) is 38.8 Å². The predicted molar refractivity (Wildman–Crippen MR) is 92.9 cm³/mol. The average molecular weight is 377 g/mol. The first-order chi connectivity index (χ1) is 13.0. The minimum atomic E-state index is -0.567. The summed E-state index contributed by atoms with van der Waals surface area (Å²) >= 11 is 0. The number of nitrogens with one attached hydrogen (secondary N) is 1. The minimum Gasteiger partial charge on any atom is -0.470 e. The van der Waals surface area contributed by atoms with Gasteiger partial charge < -0.3 is 14.2 Å². The lowest BCUT2D eigenvalue weighted by molar-refractivity contribution is -0.130. The number of aromatic amines is 1. The predicted octanol–water partition coefficient (Wildman–Crippen LogP) is 0.0981. The Hall–Kier alpha value is -3.04. The van der Waals surface area contributed by atoms with Crippen molar-refractivity contribution in [1.82, 2.24) is 24.4 Å². The largest absolute Gasteiger partial charge is 0.470 e. The molecule has 0 bridgehead atoms. The van der Waals surface area contributed by atoms with Crippen molar-refractivity contribution in [3.8, 4) is 5.88 Å². The number of likely N-dealkylation sites (tertiary alicyclic amines) is 1. The molecular formula is C17H20FN5O4. The van der Waals surface area contributed by atoms with E-state index in [1.807, 2.05) is 0 Å². The zero-order chi connectivity index (χ0) is 19.4. The van der Waals surface area contributed by atoms with Gasteiger partial charge in [-0.3, -0.25) is 14.6 Å². The van der Waals surface area contributed by atoms with Crippen LogP contribution in [0.4, 0.5) is 4.39 Å². The average Bonchev–Trinajstić information content (AvgIpc) is 3.11. The summed E-state index contributed by atoms with van der Waals surface area (Å²) in [6, 6.07) is 1.23. The number of H-pyrrole nitrogens is 1. The summed E-state index contributed by atoms with van der Waals surface area (Å²) in [6.07, 6.45) is 3.38. The first-order valence-corrected chi connectivity index (χ1v) is 8.71. The summed E-state index contributed by atoms with van der Waals surface area (Å²) < 4.78 is 21.0. The molecule has 0 spiro atoms. The van der Waals surface area contributed by atoms with Gasteiger partial charge in [0.05, 0.1) is 12.2 Å². The number of rotatable bonds is 6. The lowest BCUT2D eigenvalue weighted by Gasteiger charge is -2.17. The van der Waals surface area contributed by atoms with Crippen molar-refractivity contribution in [2.24, 2.45) is 0 Å². The molecule has 144 valence electrons. The van der Waals surface area contributed by atoms with Crippen LogP contribution in [-0.4, -0.2) is 49.5 Å². The van der Waals surface area contributed by atoms with E-state index in [4.69, 9.17) is 4.74 Å². The number of amides is 1. The second-order valence-electron chi connectivity index (χ2n) is 6.21. The number of hydrogen-bond donors (Lipinski definition) is 1. The standard InChI is InChI=1S/C17H20FN5O4/c1-2-12-15(18)16(20-10-19-12)27-11-3-6-23(9-11)14(25)5-8-22-7-4-13(24)21-17(22)26/h4,7,10-11H,2-3,5-6,8-9H2,1H3,(H,21,24,26)/t11-/m1/s1. The fourth-order valence-electron chi connectivity index (χ4n) is 2.92. The SMILES string of the molecule is CCc1ncnc(O[C@@H]2CCN(C(=O)CCn3ccc(=O)[nH]c3=O)C2)c1F. The molecule has 0 unspecified atom stereocenters. The van der Waals surface area contributed by atoms with Crippen LogP contribution in [0.1, 0.15) is 25.5 Å². The molecule has 0 radical (unpaired) electrons. The number of aryl methyl sites for hydroxylation is 2. The molecule has 0 aromatic carbocycles. The Morgan fingerprint density at radius 2 is 2.22 bits per heavy atom. The van der Waals surface area contributed by atoms with Crippen LogP contribution in [0, 0.1) is 5.82 Å². The highest BCUT2D eigenvalue weighted by atomic mass is 19.1. The van der Waals surface area contributed by atoms with E-state index in [2.05, 4.69) is 15.0 Å². The van der Waals surface area contributed by atoms with Gasteiger partial charge in [-0.2, -0.15) is 9.37 Å². The topological polar surface area (TPSA) is 110 Å². The minimum absolute atomic E-state index is 0.0964. The molecule has 1 saturated heterocycles. The molecule has 1 aliphatic rings. The Bertz CT molecular complexity index is 941. The van der Waals surface area contributed by atoms with Crippen LogP contribution in [0.3, 0.4) is 0 Å². The van der Waals surface area contributed by atoms with Crippen LogP contribution in [0.5, 0.6) is 5.88 Å². The molecule has 1 amide bonds. The molecule has 3 heterocycles. The van der Waals surface area contributed by atoms with Gasteiger partial charge in [-0.25, -0.2) is 9.78 Å². The second-order valence-corrected chi connectivity index (χ2v) is 6.21. The van der Waals surface area contributed by atoms with E-state index in [1.54, 1.807) is 11.8 Å². The van der Waals surface area contributed by atoms with Crippen LogP contribution in [0.25, 0.3) is 0 Å². The Labute approximate surface area is 153 Å². The molecule has 1 atom stereocenters. The second kappa shape index (κ2) is 8.11. The third-order valence-corrected chi connectivity index (χ3v) is 4.40. The zero-order valence-electron chi connectivity index (χ0n) is 14.9. The zero-order valence-corrected chi connectivity index (χ0v) is 14.9. The van der Waals surface area contributed by atoms with Gasteiger partial charge in [0.1, 0.15) is 12.4 Å². The quantitative estimate of drug-likeness (QED) is 0.764. The highest BCUT2D eigenvalue weighted by Crippen LogP contribution is 2.21. The number of carbonyl (C=O) groups excluding carboxylic acids is 1. The van der Waals surface area contributed by atoms with Crippen molar-refractivity contribution in [1.29, 1.82) is 0 Å². The summed E-state index contributed by atoms with van der Waals surface area (Å²) in [6.45, 7) is 2.76. The Balaban J connectivity index is 1.55. The molecule has 9 nitrogen and oxygen atoms in total. The van der Waals surface area contributed by atoms with Crippen molar-refractivity contribution in [3.63, 3.8) is 0 Å². The smallest absolute Gasteiger partial charge is 0.328 e. The third-order valence-electron chi connectivity index (χ3n) is 4.40. The number of halogens is 1. The Morgan fingerprint density at radius 3 is 2.96 bits per heavy atom. The van der Waals surface area contributed by atoms with Gasteiger partial charge in [0, 0.05) is 38.2 Å². The summed E-state index contributed by atoms with van der Waals surface area (Å²) in [5.74, 6) is -0.806. The molecule has 1 aliphatic heterocycles. The Morgan fingerprint density at radius 1 is 1.41 bits per heavy atom. The maximum Gasteiger partial charge on any atom is 0.328 e. The van der Waals surface area contributed by atoms with E-state index < -0.39 is 17.1 Å². The molecule has 10 heteroatoms. The first-order valence-electron chi connectivity index (χ1n) is 8.71. The van der Waals surface area contributed by atoms with Gasteiger partial charge in [0.2, 0.25) is 11.7 Å². The molecule has 27 heavy (non-hydrogen) atoms. The highest BCUT2D eigenvalue weighted by Gasteiger charge is 2.28. The fraction of sp³-hybridized carbons (Fsp3) is 0.471. The number of nitrogens with zero attached hydrogens (tertiary/aromatic N) is 4. The summed E-state index contributed by atoms with van der Waals surface area (Å²) in [5, 5.41) is 0. The van der Waals surface area contributed by atoms with Crippen molar-refractivity contribution in [3.05, 3.63) is 50.9 Å². The van der Waals surface area contributed by atoms with Crippen LogP contribution >= 0.6 is 0 Å². The van der Waals surface area contributed by atoms with Crippen LogP contribution in [0.15, 0.2) is 28.2 Å². The highest BCUT2D eigenvalue weighted by molar-refractivity contribution is 5.76. The van der Waals surface area contributed by atoms with Crippen LogP contribution < -0.4 is 16.0 Å². The molecule has 1 N–H and O–H groups in total. The van der Waals surface area contributed by atoms with Crippen molar-refractivity contribution >= 4 is 5.91 Å². The molecule has 2 aromatic rings. The molecule has 0 saturated carbocycles. The van der Waals surface area contributed by atoms with E-state index in [1.165, 1.54) is 23.2 Å². The van der Waals surface area contributed by atoms with Gasteiger partial charge >= 0.3 is 5.69 Å². The fourth-order valence-corrected chi connectivity index (χ4v) is 2.92. The van der Waals surface area contributed by atoms with Crippen LogP contribution in [0.2, 0.25) is 0 Å². The number of ether oxygens (including phenoxy) is 1. The monoisotopic (exact) mass is 377 g/mol. The van der Waals surface area contributed by atoms with E-state index >= 15 is 0 Å². The Kier molecular flexibility index (Phi) is 5.63. The molecule has 2 aromatic heterocycles. The van der Waals surface area contributed by atoms with Gasteiger partial charge in [-0.15, -0.1) is 0 Å². The number of aromatic nitrogens is 4. The molecule has 1 fully saturated rings. The molecule has 0 aliphatic carbocycles. The third kappa shape index (κ3) is 4.39. The van der Waals surface area contributed by atoms with Gasteiger partial charge in [-0.05, 0) is 6.42 Å². The van der Waals surface area contributed by atoms with E-state index in [0.717, 1.165) is 0 Å². The van der Waals surface area contributed by atoms with Crippen molar-refractivity contribution in [2.75, 3.05) is 13.1 Å². The van der Waals surface area contributed by atoms with Crippen LogP contribution in [-0.2, 0) is 17.8 Å². The maximum atomic E-state index is 14.2. The molecule has 3 rings (SSSR count). The van der Waals surface area contributed by atoms with Crippen molar-refractivity contribution < 1.29 is 13.9 Å². The molecular weight excluding hydrogens is 357 g/mol. The lowest BCUT2D eigenvalue weighted by Crippen LogP contribution is -2.34. The van der Waals surface area contributed by atoms with E-state index in [-0.39, 0.29) is 36.6 Å². The maximum absolute atomic E-state index is 14.2. The van der Waals surface area contributed by atoms with E-state index in [0.29, 0.717) is 25.9 Å². The number of hydrogen-bond acceptors (Lipinski definition) is 6. The lowest BCUT2D eigenvalue weighted by atomic mass is 10.3. The summed E-state index contributed by atoms with van der Waals surface area (Å²) in [5.41, 5.74) is -0.744. The number of carbonyl (C=O) groups is 1. The normalized spacial score (nSPS) is 16.5. The first kappa shape index (κ1) is 18.7. The van der Waals surface area contributed by atoms with Gasteiger partial charge in [0.15, 0.2) is 0 Å². The van der Waals surface area contributed by atoms with E-state index in [9.17, 15) is 18.8 Å². The van der Waals surface area contributed by atoms with Gasteiger partial charge in [-0.1, -0.05) is 6.92 Å².